The van der Waals surface area contributed by atoms with Crippen LogP contribution in [-0.2, 0) is 26.7 Å². The second kappa shape index (κ2) is 13.8. The van der Waals surface area contributed by atoms with Gasteiger partial charge in [0.2, 0.25) is 5.78 Å². The van der Waals surface area contributed by atoms with Crippen LogP contribution in [0, 0.1) is 6.92 Å². The van der Waals surface area contributed by atoms with Crippen molar-refractivity contribution in [2.75, 3.05) is 5.73 Å². The Morgan fingerprint density at radius 1 is 1.15 bits per heavy atom. The molecule has 0 bridgehead atoms. The summed E-state index contributed by atoms with van der Waals surface area (Å²) < 4.78 is 3.22. The van der Waals surface area contributed by atoms with Crippen LogP contribution < -0.4 is 11.4 Å². The van der Waals surface area contributed by atoms with Gasteiger partial charge in [-0.2, -0.15) is 4.98 Å². The van der Waals surface area contributed by atoms with Crippen LogP contribution >= 0.6 is 32.2 Å². The molecule has 0 saturated heterocycles. The van der Waals surface area contributed by atoms with Crippen molar-refractivity contribution in [2.24, 2.45) is 14.1 Å². The molecule has 0 fully saturated rings. The maximum absolute atomic E-state index is 11.8. The summed E-state index contributed by atoms with van der Waals surface area (Å²) in [5.41, 5.74) is 7.92. The van der Waals surface area contributed by atoms with Crippen LogP contribution in [-0.4, -0.2) is 39.8 Å². The van der Waals surface area contributed by atoms with Gasteiger partial charge in [0.15, 0.2) is 11.5 Å². The number of carbonyl (C=O) groups is 1. The number of halogens is 2. The van der Waals surface area contributed by atoms with Crippen LogP contribution in [0.3, 0.4) is 0 Å². The standard InChI is InChI=1S/C14H13N3O2S.C6H7N5.2ClH.Ni/c1-10-9-17(2)14(19)16-13(10)20-8-6-12(18)11-5-3-4-7-15-11;1-11-3-10-4-5(7)8-2-9-6(4)11;;;/h3-9H,1-2H3;2-3H,1H3,(H2,7,8,9);2*1H;/q;;;;+2/p-2/b8-6+;;;;. The third-order valence-electron chi connectivity index (χ3n) is 4.07. The number of anilines is 1. The van der Waals surface area contributed by atoms with E-state index >= 15 is 0 Å². The summed E-state index contributed by atoms with van der Waals surface area (Å²) in [6.07, 6.45) is 7.80. The summed E-state index contributed by atoms with van der Waals surface area (Å²) in [6.45, 7) is 1.86. The fourth-order valence-electron chi connectivity index (χ4n) is 2.49. The summed E-state index contributed by atoms with van der Waals surface area (Å²) in [6, 6.07) is 5.16. The van der Waals surface area contributed by atoms with Crippen LogP contribution in [0.15, 0.2) is 64.6 Å². The molecule has 14 heteroatoms. The zero-order valence-electron chi connectivity index (χ0n) is 18.2. The number of pyridine rings is 1. The quantitative estimate of drug-likeness (QED) is 0.130. The first kappa shape index (κ1) is 27.5. The summed E-state index contributed by atoms with van der Waals surface area (Å²) in [5.74, 6) is 0.246. The number of thioether (sulfide) groups is 1. The maximum atomic E-state index is 11.8. The molecule has 182 valence electrons. The minimum atomic E-state index is -0.317. The number of carbonyl (C=O) groups excluding carboxylic acids is 1. The van der Waals surface area contributed by atoms with E-state index in [-0.39, 0.29) is 11.5 Å². The molecule has 0 aliphatic rings. The fourth-order valence-corrected chi connectivity index (χ4v) is 3.18. The van der Waals surface area contributed by atoms with Gasteiger partial charge in [-0.15, -0.1) is 0 Å². The summed E-state index contributed by atoms with van der Waals surface area (Å²) in [5, 5.41) is 2.21. The van der Waals surface area contributed by atoms with E-state index in [1.165, 1.54) is 28.7 Å². The van der Waals surface area contributed by atoms with E-state index in [4.69, 9.17) is 26.1 Å². The summed E-state index contributed by atoms with van der Waals surface area (Å²) >= 11 is 1.81. The van der Waals surface area contributed by atoms with Gasteiger partial charge in [-0.1, -0.05) is 17.8 Å². The van der Waals surface area contributed by atoms with Crippen molar-refractivity contribution < 1.29 is 17.4 Å². The first-order valence-corrected chi connectivity index (χ1v) is 12.9. The van der Waals surface area contributed by atoms with E-state index in [0.717, 1.165) is 11.2 Å². The Hall–Kier alpha value is -2.79. The zero-order valence-corrected chi connectivity index (χ0v) is 21.5. The molecule has 0 aliphatic heterocycles. The van der Waals surface area contributed by atoms with Crippen molar-refractivity contribution in [3.05, 3.63) is 76.5 Å². The Morgan fingerprint density at radius 2 is 1.88 bits per heavy atom. The van der Waals surface area contributed by atoms with Gasteiger partial charge >= 0.3 is 38.7 Å². The van der Waals surface area contributed by atoms with Crippen molar-refractivity contribution in [3.8, 4) is 0 Å². The molecule has 0 aliphatic carbocycles. The van der Waals surface area contributed by atoms with E-state index < -0.39 is 0 Å². The molecule has 0 unspecified atom stereocenters. The second-order valence-corrected chi connectivity index (χ2v) is 8.98. The van der Waals surface area contributed by atoms with Gasteiger partial charge in [-0.05, 0) is 36.1 Å². The molecule has 2 N–H and O–H groups in total. The first-order chi connectivity index (χ1) is 16.3. The Labute approximate surface area is 214 Å². The topological polar surface area (TPSA) is 134 Å². The number of aryl methyl sites for hydroxylation is 3. The van der Waals surface area contributed by atoms with Crippen LogP contribution in [0.1, 0.15) is 16.1 Å². The molecule has 4 heterocycles. The van der Waals surface area contributed by atoms with E-state index in [1.807, 2.05) is 14.0 Å². The molecule has 0 radical (unpaired) electrons. The number of allylic oxidation sites excluding steroid dienone is 1. The molecule has 0 aromatic carbocycles. The van der Waals surface area contributed by atoms with Crippen LogP contribution in [0.4, 0.5) is 5.82 Å². The molecule has 0 atom stereocenters. The van der Waals surface area contributed by atoms with E-state index in [9.17, 15) is 9.59 Å². The fraction of sp³-hybridized carbons (Fsp3) is 0.150. The number of nitrogens with two attached hydrogens (primary N) is 1. The van der Waals surface area contributed by atoms with E-state index in [1.54, 1.807) is 53.9 Å². The predicted molar refractivity (Wildman–Crippen MR) is 130 cm³/mol. The van der Waals surface area contributed by atoms with Gasteiger partial charge in [0.25, 0.3) is 0 Å². The zero-order chi connectivity index (χ0) is 25.1. The Kier molecular flexibility index (Phi) is 11.2. The summed E-state index contributed by atoms with van der Waals surface area (Å²) in [4.78, 5) is 43.0. The molecule has 0 saturated carbocycles. The van der Waals surface area contributed by atoms with Crippen LogP contribution in [0.2, 0.25) is 0 Å². The number of nitrogens with zero attached hydrogens (tertiary/aromatic N) is 7. The van der Waals surface area contributed by atoms with Crippen LogP contribution in [0.5, 0.6) is 0 Å². The third-order valence-corrected chi connectivity index (χ3v) is 4.97. The van der Waals surface area contributed by atoms with Gasteiger partial charge in [-0.25, -0.2) is 19.7 Å². The van der Waals surface area contributed by atoms with Crippen molar-refractivity contribution in [3.63, 3.8) is 0 Å². The molecule has 0 spiro atoms. The van der Waals surface area contributed by atoms with Crippen molar-refractivity contribution in [1.82, 2.24) is 34.1 Å². The monoisotopic (exact) mass is 564 g/mol. The minimum absolute atomic E-state index is 0.181. The molecule has 4 aromatic heterocycles. The number of aromatic nitrogens is 7. The van der Waals surface area contributed by atoms with Crippen molar-refractivity contribution in [2.45, 2.75) is 11.9 Å². The van der Waals surface area contributed by atoms with E-state index in [0.29, 0.717) is 34.7 Å². The number of hydrogen-bond donors (Lipinski definition) is 1. The SMILES string of the molecule is Cc1cn(C)c(=O)nc1S/C=C/C(=O)c1ccccn1.Cn1cnc2c(N)ncnc21.[Cl][Ni][Cl]. The third kappa shape index (κ3) is 7.91. The Bertz CT molecular complexity index is 1330. The number of hydrogen-bond acceptors (Lipinski definition) is 9. The normalized spacial score (nSPS) is 10.5. The predicted octanol–water partition coefficient (Wildman–Crippen LogP) is 3.29. The van der Waals surface area contributed by atoms with Gasteiger partial charge < -0.3 is 14.9 Å². The number of rotatable bonds is 4. The number of ketones is 1. The number of nitrogen functional groups attached to an aromatic ring is 1. The first-order valence-electron chi connectivity index (χ1n) is 9.31. The number of fused-ring (bicyclic) bond motifs is 1. The second-order valence-electron chi connectivity index (χ2n) is 6.45. The molecule has 10 nitrogen and oxygen atoms in total. The molecule has 4 rings (SSSR count). The molecule has 34 heavy (non-hydrogen) atoms. The van der Waals surface area contributed by atoms with Gasteiger partial charge in [0, 0.05) is 26.5 Å². The van der Waals surface area contributed by atoms with Crippen LogP contribution in [0.25, 0.3) is 11.2 Å². The van der Waals surface area contributed by atoms with Gasteiger partial charge in [0.1, 0.15) is 22.6 Å². The average molecular weight is 566 g/mol. The molecular formula is C20H20Cl2N8NiO2S. The van der Waals surface area contributed by atoms with Gasteiger partial charge in [0.05, 0.1) is 6.33 Å². The van der Waals surface area contributed by atoms with Crippen molar-refractivity contribution >= 4 is 54.9 Å². The average Bonchev–Trinajstić information content (AvgIpc) is 3.21. The van der Waals surface area contributed by atoms with Crippen molar-refractivity contribution in [1.29, 1.82) is 0 Å². The number of imidazole rings is 1. The van der Waals surface area contributed by atoms with E-state index in [2.05, 4.69) is 24.9 Å². The Balaban J connectivity index is 0.000000243. The molecule has 0 amide bonds. The summed E-state index contributed by atoms with van der Waals surface area (Å²) in [7, 11) is 12.9. The molecular weight excluding hydrogens is 546 g/mol. The molecule has 4 aromatic rings. The van der Waals surface area contributed by atoms with Gasteiger partial charge in [-0.3, -0.25) is 9.78 Å². The Morgan fingerprint density at radius 3 is 2.53 bits per heavy atom.